The maximum atomic E-state index is 11.4. The number of rotatable bonds is 6. The van der Waals surface area contributed by atoms with E-state index in [1.165, 1.54) is 0 Å². The van der Waals surface area contributed by atoms with Gasteiger partial charge in [-0.05, 0) is 30.5 Å². The number of aromatic nitrogens is 1. The van der Waals surface area contributed by atoms with Gasteiger partial charge in [-0.15, -0.1) is 0 Å². The second-order valence-corrected chi connectivity index (χ2v) is 5.62. The molecule has 0 unspecified atom stereocenters. The third-order valence-electron chi connectivity index (χ3n) is 3.96. The fraction of sp³-hybridized carbons (Fsp3) is 0.353. The van der Waals surface area contributed by atoms with Gasteiger partial charge in [0.25, 0.3) is 5.69 Å². The Morgan fingerprint density at radius 3 is 2.87 bits per heavy atom. The smallest absolute Gasteiger partial charge is 0.292 e. The Labute approximate surface area is 134 Å². The number of hydrogen-bond acceptors (Lipinski definition) is 5. The summed E-state index contributed by atoms with van der Waals surface area (Å²) in [4.78, 5) is 17.2. The summed E-state index contributed by atoms with van der Waals surface area (Å²) in [6.45, 7) is 1.97. The molecule has 0 amide bonds. The fourth-order valence-corrected chi connectivity index (χ4v) is 2.88. The molecule has 6 nitrogen and oxygen atoms in total. The average Bonchev–Trinajstić information content (AvgIpc) is 3.08. The summed E-state index contributed by atoms with van der Waals surface area (Å²) in [5.74, 6) is 0. The van der Waals surface area contributed by atoms with Gasteiger partial charge in [0.05, 0.1) is 11.0 Å². The predicted molar refractivity (Wildman–Crippen MR) is 87.4 cm³/mol. The van der Waals surface area contributed by atoms with Crippen LogP contribution in [0.2, 0.25) is 0 Å². The molecule has 1 aliphatic heterocycles. The molecule has 1 aliphatic rings. The van der Waals surface area contributed by atoms with Crippen molar-refractivity contribution in [1.82, 2.24) is 4.98 Å². The van der Waals surface area contributed by atoms with Crippen molar-refractivity contribution in [1.29, 1.82) is 0 Å². The molecule has 2 aromatic rings. The van der Waals surface area contributed by atoms with Crippen molar-refractivity contribution >= 4 is 11.4 Å². The molecule has 0 bridgehead atoms. The summed E-state index contributed by atoms with van der Waals surface area (Å²) >= 11 is 0. The first-order chi connectivity index (χ1) is 11.2. The molecule has 1 saturated heterocycles. The number of para-hydroxylation sites is 2. The van der Waals surface area contributed by atoms with E-state index in [1.54, 1.807) is 30.6 Å². The van der Waals surface area contributed by atoms with E-state index in [4.69, 9.17) is 4.74 Å². The van der Waals surface area contributed by atoms with Gasteiger partial charge in [0.2, 0.25) is 0 Å². The number of hydrogen-bond donors (Lipinski definition) is 0. The van der Waals surface area contributed by atoms with Crippen molar-refractivity contribution in [2.24, 2.45) is 0 Å². The molecule has 3 rings (SSSR count). The van der Waals surface area contributed by atoms with E-state index in [0.29, 0.717) is 18.8 Å². The Morgan fingerprint density at radius 2 is 2.17 bits per heavy atom. The van der Waals surface area contributed by atoms with Gasteiger partial charge >= 0.3 is 0 Å². The molecule has 0 saturated carbocycles. The Bertz CT molecular complexity index is 657. The fourth-order valence-electron chi connectivity index (χ4n) is 2.88. The Hall–Kier alpha value is -2.47. The Morgan fingerprint density at radius 1 is 1.30 bits per heavy atom. The number of benzene rings is 1. The third kappa shape index (κ3) is 3.84. The lowest BCUT2D eigenvalue weighted by Gasteiger charge is -2.27. The molecule has 1 atom stereocenters. The van der Waals surface area contributed by atoms with Gasteiger partial charge in [0.1, 0.15) is 5.69 Å². The van der Waals surface area contributed by atoms with E-state index in [9.17, 15) is 10.1 Å². The van der Waals surface area contributed by atoms with Gasteiger partial charge in [-0.1, -0.05) is 18.2 Å². The lowest BCUT2D eigenvalue weighted by Crippen LogP contribution is -2.32. The molecule has 0 N–H and O–H groups in total. The van der Waals surface area contributed by atoms with Crippen LogP contribution in [0.15, 0.2) is 48.8 Å². The van der Waals surface area contributed by atoms with Gasteiger partial charge in [-0.25, -0.2) is 0 Å². The van der Waals surface area contributed by atoms with Gasteiger partial charge in [0.15, 0.2) is 0 Å². The van der Waals surface area contributed by atoms with Crippen LogP contribution in [0.25, 0.3) is 0 Å². The second kappa shape index (κ2) is 7.19. The zero-order valence-electron chi connectivity index (χ0n) is 12.8. The van der Waals surface area contributed by atoms with Crippen LogP contribution in [0.4, 0.5) is 11.4 Å². The first-order valence-electron chi connectivity index (χ1n) is 7.73. The van der Waals surface area contributed by atoms with Crippen molar-refractivity contribution in [3.8, 4) is 0 Å². The van der Waals surface area contributed by atoms with Crippen molar-refractivity contribution in [3.05, 3.63) is 64.5 Å². The minimum absolute atomic E-state index is 0.117. The van der Waals surface area contributed by atoms with Crippen LogP contribution in [0.3, 0.4) is 0 Å². The maximum Gasteiger partial charge on any atom is 0.292 e. The highest BCUT2D eigenvalue weighted by Crippen LogP contribution is 2.30. The van der Waals surface area contributed by atoms with Crippen LogP contribution in [0.1, 0.15) is 18.4 Å². The predicted octanol–water partition coefficient (Wildman–Crippen LogP) is 3.18. The Balaban J connectivity index is 1.89. The zero-order chi connectivity index (χ0) is 16.1. The normalized spacial score (nSPS) is 17.1. The molecule has 23 heavy (non-hydrogen) atoms. The van der Waals surface area contributed by atoms with E-state index in [1.807, 2.05) is 23.1 Å². The quantitative estimate of drug-likeness (QED) is 0.605. The van der Waals surface area contributed by atoms with E-state index >= 15 is 0 Å². The minimum atomic E-state index is -0.332. The van der Waals surface area contributed by atoms with Crippen molar-refractivity contribution in [3.63, 3.8) is 0 Å². The largest absolute Gasteiger partial charge is 0.376 e. The molecule has 0 aliphatic carbocycles. The monoisotopic (exact) mass is 313 g/mol. The minimum Gasteiger partial charge on any atom is -0.376 e. The van der Waals surface area contributed by atoms with Crippen LogP contribution in [0.5, 0.6) is 0 Å². The van der Waals surface area contributed by atoms with E-state index in [0.717, 1.165) is 25.0 Å². The van der Waals surface area contributed by atoms with Crippen molar-refractivity contribution in [2.75, 3.05) is 18.1 Å². The van der Waals surface area contributed by atoms with Gasteiger partial charge in [0, 0.05) is 38.2 Å². The third-order valence-corrected chi connectivity index (χ3v) is 3.96. The SMILES string of the molecule is O=[N+]([O-])c1ccccc1N(Cc1cccnc1)C[C@@H]1CCCO1. The summed E-state index contributed by atoms with van der Waals surface area (Å²) in [5, 5.41) is 11.4. The van der Waals surface area contributed by atoms with Crippen LogP contribution in [0, 0.1) is 10.1 Å². The zero-order valence-corrected chi connectivity index (χ0v) is 12.8. The molecule has 1 aromatic heterocycles. The molecule has 0 radical (unpaired) electrons. The molecule has 2 heterocycles. The molecule has 6 heteroatoms. The van der Waals surface area contributed by atoms with Crippen LogP contribution >= 0.6 is 0 Å². The first-order valence-corrected chi connectivity index (χ1v) is 7.73. The number of nitro groups is 1. The average molecular weight is 313 g/mol. The summed E-state index contributed by atoms with van der Waals surface area (Å²) in [6, 6.07) is 10.7. The Kier molecular flexibility index (Phi) is 4.83. The highest BCUT2D eigenvalue weighted by atomic mass is 16.6. The van der Waals surface area contributed by atoms with E-state index in [-0.39, 0.29) is 16.7 Å². The summed E-state index contributed by atoms with van der Waals surface area (Å²) < 4.78 is 5.72. The van der Waals surface area contributed by atoms with E-state index in [2.05, 4.69) is 4.98 Å². The number of anilines is 1. The summed E-state index contributed by atoms with van der Waals surface area (Å²) in [6.07, 6.45) is 5.66. The van der Waals surface area contributed by atoms with Crippen molar-refractivity contribution in [2.45, 2.75) is 25.5 Å². The van der Waals surface area contributed by atoms with Crippen LogP contribution in [-0.4, -0.2) is 29.2 Å². The van der Waals surface area contributed by atoms with Crippen LogP contribution in [-0.2, 0) is 11.3 Å². The van der Waals surface area contributed by atoms with Gasteiger partial charge in [-0.2, -0.15) is 0 Å². The van der Waals surface area contributed by atoms with E-state index < -0.39 is 0 Å². The lowest BCUT2D eigenvalue weighted by atomic mass is 10.1. The van der Waals surface area contributed by atoms with Gasteiger partial charge < -0.3 is 9.64 Å². The number of pyridine rings is 1. The molecular weight excluding hydrogens is 294 g/mol. The first kappa shape index (κ1) is 15.4. The van der Waals surface area contributed by atoms with Crippen molar-refractivity contribution < 1.29 is 9.66 Å². The highest BCUT2D eigenvalue weighted by Gasteiger charge is 2.24. The topological polar surface area (TPSA) is 68.5 Å². The highest BCUT2D eigenvalue weighted by molar-refractivity contribution is 5.63. The molecular formula is C17H19N3O3. The lowest BCUT2D eigenvalue weighted by molar-refractivity contribution is -0.384. The van der Waals surface area contributed by atoms with Crippen LogP contribution < -0.4 is 4.90 Å². The molecule has 120 valence electrons. The number of ether oxygens (including phenoxy) is 1. The summed E-state index contributed by atoms with van der Waals surface area (Å²) in [7, 11) is 0. The molecule has 1 aromatic carbocycles. The van der Waals surface area contributed by atoms with Gasteiger partial charge in [-0.3, -0.25) is 15.1 Å². The maximum absolute atomic E-state index is 11.4. The summed E-state index contributed by atoms with van der Waals surface area (Å²) in [5.41, 5.74) is 1.76. The second-order valence-electron chi connectivity index (χ2n) is 5.62. The standard InChI is InChI=1S/C17H19N3O3/c21-20(22)17-8-2-1-7-16(17)19(13-15-6-4-10-23-15)12-14-5-3-9-18-11-14/h1-3,5,7-9,11,15H,4,6,10,12-13H2/t15-/m0/s1. The molecule has 0 spiro atoms. The number of nitro benzene ring substituents is 1. The number of nitrogens with zero attached hydrogens (tertiary/aromatic N) is 3. The molecule has 1 fully saturated rings.